The van der Waals surface area contributed by atoms with Crippen molar-refractivity contribution in [3.63, 3.8) is 0 Å². The van der Waals surface area contributed by atoms with Crippen LogP contribution < -0.4 is 0 Å². The third-order valence-electron chi connectivity index (χ3n) is 1.48. The molecule has 0 aliphatic carbocycles. The molecule has 0 aliphatic heterocycles. The van der Waals surface area contributed by atoms with E-state index in [1.165, 1.54) is 0 Å². The second kappa shape index (κ2) is 4.57. The van der Waals surface area contributed by atoms with E-state index in [1.54, 1.807) is 18.2 Å². The van der Waals surface area contributed by atoms with E-state index in [4.69, 9.17) is 5.11 Å². The first kappa shape index (κ1) is 11.2. The van der Waals surface area contributed by atoms with Gasteiger partial charge in [0.25, 0.3) is 0 Å². The number of hydrogen-bond acceptors (Lipinski definition) is 1. The summed E-state index contributed by atoms with van der Waals surface area (Å²) >= 11 is 9.96. The van der Waals surface area contributed by atoms with Gasteiger partial charge in [-0.25, -0.2) is 4.79 Å². The maximum atomic E-state index is 10.6. The summed E-state index contributed by atoms with van der Waals surface area (Å²) in [6.07, 6.45) is 0. The van der Waals surface area contributed by atoms with Gasteiger partial charge in [-0.15, -0.1) is 0 Å². The SMILES string of the molecule is O=C(O)c1ccc(C(Br)Br)c(Br)c1. The normalized spacial score (nSPS) is 10.5. The summed E-state index contributed by atoms with van der Waals surface area (Å²) in [4.78, 5) is 10.6. The molecule has 0 spiro atoms. The molecule has 0 fully saturated rings. The zero-order chi connectivity index (χ0) is 10.0. The molecule has 1 aromatic rings. The van der Waals surface area contributed by atoms with E-state index in [0.717, 1.165) is 10.0 Å². The first-order valence-corrected chi connectivity index (χ1v) is 5.95. The van der Waals surface area contributed by atoms with Crippen LogP contribution in [0.25, 0.3) is 0 Å². The van der Waals surface area contributed by atoms with Crippen LogP contribution in [0.3, 0.4) is 0 Å². The molecule has 0 aromatic heterocycles. The zero-order valence-corrected chi connectivity index (χ0v) is 11.1. The Hall–Kier alpha value is 0.130. The van der Waals surface area contributed by atoms with Crippen LogP contribution >= 0.6 is 47.8 Å². The minimum Gasteiger partial charge on any atom is -0.478 e. The standard InChI is InChI=1S/C8H5Br3O2/c9-6-3-4(8(12)13)1-2-5(6)7(10)11/h1-3,7H,(H,12,13). The second-order valence-corrected chi connectivity index (χ2v) is 6.26. The van der Waals surface area contributed by atoms with E-state index in [1.807, 2.05) is 0 Å². The molecule has 0 saturated heterocycles. The van der Waals surface area contributed by atoms with Crippen molar-refractivity contribution in [3.8, 4) is 0 Å². The van der Waals surface area contributed by atoms with Crippen molar-refractivity contribution in [2.45, 2.75) is 3.74 Å². The van der Waals surface area contributed by atoms with Crippen molar-refractivity contribution in [2.24, 2.45) is 0 Å². The highest BCUT2D eigenvalue weighted by Crippen LogP contribution is 2.34. The first-order valence-electron chi connectivity index (χ1n) is 3.33. The summed E-state index contributed by atoms with van der Waals surface area (Å²) < 4.78 is 0.795. The molecule has 0 radical (unpaired) electrons. The molecule has 1 rings (SSSR count). The Kier molecular flexibility index (Phi) is 3.94. The average Bonchev–Trinajstić information content (AvgIpc) is 2.03. The molecule has 1 N–H and O–H groups in total. The molecule has 70 valence electrons. The van der Waals surface area contributed by atoms with Gasteiger partial charge in [0.2, 0.25) is 0 Å². The van der Waals surface area contributed by atoms with Gasteiger partial charge < -0.3 is 5.11 Å². The third-order valence-corrected chi connectivity index (χ3v) is 3.16. The van der Waals surface area contributed by atoms with Gasteiger partial charge >= 0.3 is 5.97 Å². The van der Waals surface area contributed by atoms with E-state index >= 15 is 0 Å². The maximum absolute atomic E-state index is 10.6. The molecule has 5 heteroatoms. The van der Waals surface area contributed by atoms with Crippen molar-refractivity contribution >= 4 is 53.8 Å². The number of aromatic carboxylic acids is 1. The first-order chi connectivity index (χ1) is 6.02. The Labute approximate surface area is 101 Å². The zero-order valence-electron chi connectivity index (χ0n) is 6.30. The number of carbonyl (C=O) groups is 1. The average molecular weight is 373 g/mol. The lowest BCUT2D eigenvalue weighted by Gasteiger charge is -2.05. The van der Waals surface area contributed by atoms with Gasteiger partial charge in [-0.05, 0) is 17.7 Å². The Morgan fingerprint density at radius 3 is 2.38 bits per heavy atom. The lowest BCUT2D eigenvalue weighted by Crippen LogP contribution is -1.96. The predicted molar refractivity (Wildman–Crippen MR) is 61.7 cm³/mol. The highest BCUT2D eigenvalue weighted by molar-refractivity contribution is 9.24. The second-order valence-electron chi connectivity index (χ2n) is 2.34. The number of carboxylic acids is 1. The van der Waals surface area contributed by atoms with Crippen LogP contribution in [0, 0.1) is 0 Å². The summed E-state index contributed by atoms with van der Waals surface area (Å²) in [7, 11) is 0. The highest BCUT2D eigenvalue weighted by atomic mass is 79.9. The number of benzene rings is 1. The molecule has 13 heavy (non-hydrogen) atoms. The molecule has 1 aromatic carbocycles. The van der Waals surface area contributed by atoms with Crippen LogP contribution in [0.5, 0.6) is 0 Å². The Bertz CT molecular complexity index is 336. The Morgan fingerprint density at radius 2 is 2.00 bits per heavy atom. The maximum Gasteiger partial charge on any atom is 0.335 e. The summed E-state index contributed by atoms with van der Waals surface area (Å²) in [6.45, 7) is 0. The highest BCUT2D eigenvalue weighted by Gasteiger charge is 2.10. The van der Waals surface area contributed by atoms with Gasteiger partial charge in [-0.1, -0.05) is 53.9 Å². The summed E-state index contributed by atoms with van der Waals surface area (Å²) in [5, 5.41) is 8.69. The van der Waals surface area contributed by atoms with Crippen LogP contribution in [0.1, 0.15) is 19.7 Å². The minimum atomic E-state index is -0.923. The van der Waals surface area contributed by atoms with Gasteiger partial charge in [0.15, 0.2) is 0 Å². The summed E-state index contributed by atoms with van der Waals surface area (Å²) in [6, 6.07) is 4.90. The van der Waals surface area contributed by atoms with Gasteiger partial charge in [-0.2, -0.15) is 0 Å². The van der Waals surface area contributed by atoms with Crippen LogP contribution in [0.4, 0.5) is 0 Å². The molecule has 0 aliphatic rings. The summed E-state index contributed by atoms with van der Waals surface area (Å²) in [5.74, 6) is -0.923. The monoisotopic (exact) mass is 370 g/mol. The van der Waals surface area contributed by atoms with Gasteiger partial charge in [0, 0.05) is 4.47 Å². The van der Waals surface area contributed by atoms with E-state index in [-0.39, 0.29) is 9.30 Å². The fraction of sp³-hybridized carbons (Fsp3) is 0.125. The molecule has 2 nitrogen and oxygen atoms in total. The quantitative estimate of drug-likeness (QED) is 0.798. The molecule has 0 amide bonds. The lowest BCUT2D eigenvalue weighted by atomic mass is 10.1. The fourth-order valence-electron chi connectivity index (χ4n) is 0.837. The van der Waals surface area contributed by atoms with Crippen molar-refractivity contribution in [1.29, 1.82) is 0 Å². The topological polar surface area (TPSA) is 37.3 Å². The summed E-state index contributed by atoms with van der Waals surface area (Å²) in [5.41, 5.74) is 1.24. The number of carboxylic acid groups (broad SMARTS) is 1. The van der Waals surface area contributed by atoms with E-state index < -0.39 is 5.97 Å². The number of halogens is 3. The lowest BCUT2D eigenvalue weighted by molar-refractivity contribution is 0.0697. The van der Waals surface area contributed by atoms with E-state index in [9.17, 15) is 4.79 Å². The molecular formula is C8H5Br3O2. The van der Waals surface area contributed by atoms with Crippen LogP contribution in [0.2, 0.25) is 0 Å². The number of rotatable bonds is 2. The van der Waals surface area contributed by atoms with Gasteiger partial charge in [-0.3, -0.25) is 0 Å². The van der Waals surface area contributed by atoms with Crippen LogP contribution in [-0.4, -0.2) is 11.1 Å². The van der Waals surface area contributed by atoms with Crippen molar-refractivity contribution in [1.82, 2.24) is 0 Å². The van der Waals surface area contributed by atoms with Gasteiger partial charge in [0.05, 0.1) is 9.30 Å². The largest absolute Gasteiger partial charge is 0.478 e. The van der Waals surface area contributed by atoms with Crippen molar-refractivity contribution in [3.05, 3.63) is 33.8 Å². The Balaban J connectivity index is 3.13. The number of hydrogen-bond donors (Lipinski definition) is 1. The smallest absolute Gasteiger partial charge is 0.335 e. The van der Waals surface area contributed by atoms with Crippen molar-refractivity contribution in [2.75, 3.05) is 0 Å². The van der Waals surface area contributed by atoms with E-state index in [2.05, 4.69) is 47.8 Å². The van der Waals surface area contributed by atoms with Gasteiger partial charge in [0.1, 0.15) is 0 Å². The minimum absolute atomic E-state index is 0.0252. The molecule has 0 saturated carbocycles. The predicted octanol–water partition coefficient (Wildman–Crippen LogP) is 3.94. The fourth-order valence-corrected chi connectivity index (χ4v) is 2.86. The molecule has 0 unspecified atom stereocenters. The molecule has 0 bridgehead atoms. The van der Waals surface area contributed by atoms with Crippen LogP contribution in [0.15, 0.2) is 22.7 Å². The molecular weight excluding hydrogens is 368 g/mol. The molecule has 0 heterocycles. The van der Waals surface area contributed by atoms with Crippen molar-refractivity contribution < 1.29 is 9.90 Å². The molecule has 0 atom stereocenters. The van der Waals surface area contributed by atoms with Crippen LogP contribution in [-0.2, 0) is 0 Å². The number of alkyl halides is 2. The third kappa shape index (κ3) is 2.79. The van der Waals surface area contributed by atoms with E-state index in [0.29, 0.717) is 0 Å². The Morgan fingerprint density at radius 1 is 1.38 bits per heavy atom.